The fourth-order valence-electron chi connectivity index (χ4n) is 2.87. The van der Waals surface area contributed by atoms with Crippen molar-refractivity contribution in [3.63, 3.8) is 0 Å². The number of hydrogen-bond acceptors (Lipinski definition) is 4. The maximum Gasteiger partial charge on any atom is 0.266 e. The summed E-state index contributed by atoms with van der Waals surface area (Å²) in [6, 6.07) is 14.4. The minimum atomic E-state index is -0.515. The topological polar surface area (TPSA) is 79.4 Å². The van der Waals surface area contributed by atoms with Crippen molar-refractivity contribution in [3.8, 4) is 0 Å². The van der Waals surface area contributed by atoms with E-state index in [2.05, 4.69) is 10.3 Å². The third kappa shape index (κ3) is 2.96. The smallest absolute Gasteiger partial charge is 0.266 e. The normalized spacial score (nSPS) is 12.9. The number of aromatic nitrogens is 1. The molecule has 0 unspecified atom stereocenters. The van der Waals surface area contributed by atoms with Crippen molar-refractivity contribution in [1.29, 1.82) is 0 Å². The van der Waals surface area contributed by atoms with Crippen molar-refractivity contribution in [3.05, 3.63) is 88.7 Å². The predicted octanol–water partition coefficient (Wildman–Crippen LogP) is 3.79. The van der Waals surface area contributed by atoms with Crippen molar-refractivity contribution in [2.75, 3.05) is 10.2 Å². The third-order valence-corrected chi connectivity index (χ3v) is 4.48. The Morgan fingerprint density at radius 3 is 2.48 bits per heavy atom. The molecular formula is C20H12ClN3O3. The van der Waals surface area contributed by atoms with Gasteiger partial charge >= 0.3 is 0 Å². The van der Waals surface area contributed by atoms with Gasteiger partial charge in [-0.05, 0) is 42.5 Å². The summed E-state index contributed by atoms with van der Waals surface area (Å²) >= 11 is 6.13. The lowest BCUT2D eigenvalue weighted by atomic mass is 10.1. The first-order valence-corrected chi connectivity index (χ1v) is 8.43. The molecule has 6 nitrogen and oxygen atoms in total. The Morgan fingerprint density at radius 2 is 1.74 bits per heavy atom. The highest BCUT2D eigenvalue weighted by atomic mass is 35.5. The van der Waals surface area contributed by atoms with Crippen LogP contribution in [0.4, 0.5) is 11.4 Å². The first kappa shape index (κ1) is 16.9. The molecule has 3 amide bonds. The second-order valence-corrected chi connectivity index (χ2v) is 6.26. The maximum absolute atomic E-state index is 12.8. The van der Waals surface area contributed by atoms with Crippen molar-refractivity contribution < 1.29 is 14.4 Å². The Morgan fingerprint density at radius 1 is 0.963 bits per heavy atom. The van der Waals surface area contributed by atoms with E-state index in [4.69, 9.17) is 11.6 Å². The van der Waals surface area contributed by atoms with Crippen LogP contribution in [0.3, 0.4) is 0 Å². The fourth-order valence-corrected chi connectivity index (χ4v) is 3.09. The van der Waals surface area contributed by atoms with Crippen molar-refractivity contribution in [2.45, 2.75) is 0 Å². The lowest BCUT2D eigenvalue weighted by molar-refractivity contribution is 0.0925. The van der Waals surface area contributed by atoms with Gasteiger partial charge in [0.25, 0.3) is 17.7 Å². The van der Waals surface area contributed by atoms with Crippen molar-refractivity contribution in [1.82, 2.24) is 4.98 Å². The number of para-hydroxylation sites is 1. The highest BCUT2D eigenvalue weighted by Crippen LogP contribution is 2.33. The highest BCUT2D eigenvalue weighted by molar-refractivity contribution is 6.40. The van der Waals surface area contributed by atoms with E-state index >= 15 is 0 Å². The van der Waals surface area contributed by atoms with Crippen LogP contribution in [-0.4, -0.2) is 22.7 Å². The highest BCUT2D eigenvalue weighted by Gasteiger charge is 2.38. The molecular weight excluding hydrogens is 366 g/mol. The summed E-state index contributed by atoms with van der Waals surface area (Å²) in [5, 5.41) is 2.99. The van der Waals surface area contributed by atoms with E-state index in [0.29, 0.717) is 16.4 Å². The van der Waals surface area contributed by atoms with Crippen LogP contribution in [0.15, 0.2) is 67.0 Å². The molecule has 1 aliphatic heterocycles. The van der Waals surface area contributed by atoms with Crippen LogP contribution in [-0.2, 0) is 0 Å². The van der Waals surface area contributed by atoms with E-state index in [9.17, 15) is 14.4 Å². The molecule has 0 spiro atoms. The van der Waals surface area contributed by atoms with E-state index in [1.165, 1.54) is 24.4 Å². The lowest BCUT2D eigenvalue weighted by Gasteiger charge is -2.15. The molecule has 1 N–H and O–H groups in total. The van der Waals surface area contributed by atoms with Gasteiger partial charge in [0.2, 0.25) is 0 Å². The number of hydrogen-bond donors (Lipinski definition) is 1. The molecule has 2 aromatic carbocycles. The number of pyridine rings is 1. The number of rotatable bonds is 3. The summed E-state index contributed by atoms with van der Waals surface area (Å²) in [6.45, 7) is 0. The Kier molecular flexibility index (Phi) is 4.18. The Balaban J connectivity index is 1.67. The quantitative estimate of drug-likeness (QED) is 0.704. The predicted molar refractivity (Wildman–Crippen MR) is 101 cm³/mol. The first-order chi connectivity index (χ1) is 13.1. The molecule has 1 aliphatic rings. The summed E-state index contributed by atoms with van der Waals surface area (Å²) in [4.78, 5) is 42.9. The number of imide groups is 1. The monoisotopic (exact) mass is 377 g/mol. The van der Waals surface area contributed by atoms with Gasteiger partial charge < -0.3 is 5.32 Å². The number of anilines is 2. The standard InChI is InChI=1S/C20H12ClN3O3/c21-16-5-1-2-6-17(16)24-19(26)14-8-7-12(10-15(14)20(24)27)18(25)23-13-4-3-9-22-11-13/h1-11H,(H,23,25). The number of fused-ring (bicyclic) bond motifs is 1. The SMILES string of the molecule is O=C(Nc1cccnc1)c1ccc2c(c1)C(=O)N(c1ccccc1Cl)C2=O. The molecule has 0 saturated carbocycles. The number of halogens is 1. The van der Waals surface area contributed by atoms with Crippen molar-refractivity contribution in [2.24, 2.45) is 0 Å². The van der Waals surface area contributed by atoms with Crippen LogP contribution in [0.1, 0.15) is 31.1 Å². The molecule has 0 radical (unpaired) electrons. The number of nitrogens with zero attached hydrogens (tertiary/aromatic N) is 2. The summed E-state index contributed by atoms with van der Waals surface area (Å²) in [7, 11) is 0. The van der Waals surface area contributed by atoms with Gasteiger partial charge in [-0.15, -0.1) is 0 Å². The summed E-state index contributed by atoms with van der Waals surface area (Å²) in [5.41, 5.74) is 1.51. The van der Waals surface area contributed by atoms with Gasteiger partial charge in [-0.1, -0.05) is 23.7 Å². The Labute approximate surface area is 159 Å². The average Bonchev–Trinajstić information content (AvgIpc) is 2.93. The average molecular weight is 378 g/mol. The molecule has 0 bridgehead atoms. The Bertz CT molecular complexity index is 1080. The molecule has 0 fully saturated rings. The summed E-state index contributed by atoms with van der Waals surface area (Å²) in [6.07, 6.45) is 3.11. The summed E-state index contributed by atoms with van der Waals surface area (Å²) in [5.74, 6) is -1.39. The zero-order chi connectivity index (χ0) is 19.0. The van der Waals surface area contributed by atoms with Crippen LogP contribution >= 0.6 is 11.6 Å². The molecule has 7 heteroatoms. The van der Waals surface area contributed by atoms with Crippen LogP contribution in [0.2, 0.25) is 5.02 Å². The van der Waals surface area contributed by atoms with E-state index in [-0.39, 0.29) is 16.7 Å². The molecule has 132 valence electrons. The number of benzene rings is 2. The number of carbonyl (C=O) groups excluding carboxylic acids is 3. The largest absolute Gasteiger partial charge is 0.321 e. The maximum atomic E-state index is 12.8. The van der Waals surface area contributed by atoms with Gasteiger partial charge in [-0.3, -0.25) is 19.4 Å². The fraction of sp³-hybridized carbons (Fsp3) is 0. The second kappa shape index (κ2) is 6.66. The summed E-state index contributed by atoms with van der Waals surface area (Å²) < 4.78 is 0. The van der Waals surface area contributed by atoms with Gasteiger partial charge in [0, 0.05) is 11.8 Å². The lowest BCUT2D eigenvalue weighted by Crippen LogP contribution is -2.29. The van der Waals surface area contributed by atoms with Gasteiger partial charge in [0.1, 0.15) is 0 Å². The van der Waals surface area contributed by atoms with Gasteiger partial charge in [0.05, 0.1) is 33.7 Å². The van der Waals surface area contributed by atoms with Crippen LogP contribution in [0.25, 0.3) is 0 Å². The molecule has 0 atom stereocenters. The minimum Gasteiger partial charge on any atom is -0.321 e. The van der Waals surface area contributed by atoms with Gasteiger partial charge in [-0.25, -0.2) is 4.90 Å². The van der Waals surface area contributed by atoms with E-state index < -0.39 is 17.7 Å². The van der Waals surface area contributed by atoms with E-state index in [1.54, 1.807) is 42.6 Å². The molecule has 0 saturated heterocycles. The molecule has 0 aliphatic carbocycles. The van der Waals surface area contributed by atoms with Crippen molar-refractivity contribution >= 4 is 40.7 Å². The number of amides is 3. The molecule has 4 rings (SSSR count). The third-order valence-electron chi connectivity index (χ3n) is 4.16. The zero-order valence-corrected chi connectivity index (χ0v) is 14.6. The molecule has 1 aromatic heterocycles. The van der Waals surface area contributed by atoms with Crippen LogP contribution in [0.5, 0.6) is 0 Å². The second-order valence-electron chi connectivity index (χ2n) is 5.85. The zero-order valence-electron chi connectivity index (χ0n) is 13.8. The minimum absolute atomic E-state index is 0.166. The molecule has 2 heterocycles. The number of nitrogens with one attached hydrogen (secondary N) is 1. The Hall–Kier alpha value is -3.51. The molecule has 27 heavy (non-hydrogen) atoms. The number of carbonyl (C=O) groups is 3. The van der Waals surface area contributed by atoms with E-state index in [1.807, 2.05) is 0 Å². The molecule has 3 aromatic rings. The first-order valence-electron chi connectivity index (χ1n) is 8.05. The van der Waals surface area contributed by atoms with E-state index in [0.717, 1.165) is 4.90 Å². The van der Waals surface area contributed by atoms with Crippen LogP contribution in [0, 0.1) is 0 Å². The van der Waals surface area contributed by atoms with Gasteiger partial charge in [-0.2, -0.15) is 0 Å². The van der Waals surface area contributed by atoms with Gasteiger partial charge in [0.15, 0.2) is 0 Å². The van der Waals surface area contributed by atoms with Crippen LogP contribution < -0.4 is 10.2 Å².